The number of nitrogens with zero attached hydrogens (tertiary/aromatic N) is 1. The molecule has 0 saturated carbocycles. The zero-order chi connectivity index (χ0) is 14.4. The molecule has 1 atom stereocenters. The molecule has 0 aromatic heterocycles. The van der Waals surface area contributed by atoms with Crippen LogP contribution in [0.4, 0.5) is 5.69 Å². The lowest BCUT2D eigenvalue weighted by molar-refractivity contribution is -0.117. The summed E-state index contributed by atoms with van der Waals surface area (Å²) < 4.78 is 23.7. The minimum atomic E-state index is -3.68. The van der Waals surface area contributed by atoms with Crippen LogP contribution in [0.1, 0.15) is 17.5 Å². The maximum absolute atomic E-state index is 11.9. The van der Waals surface area contributed by atoms with Gasteiger partial charge < -0.3 is 4.90 Å². The highest BCUT2D eigenvalue weighted by Crippen LogP contribution is 2.30. The molecule has 1 aliphatic rings. The predicted octanol–water partition coefficient (Wildman–Crippen LogP) is 1.46. The standard InChI is InChI=1S/C12H15BrN2O3S/c1-7-3-9(4-8(2)12(7)13)15-6-10(5-11(15)16)19(14,17)18/h3-4,10H,5-6H2,1-2H3,(H2,14,17,18). The Bertz CT molecular complexity index is 619. The molecule has 1 aromatic rings. The molecule has 0 bridgehead atoms. The summed E-state index contributed by atoms with van der Waals surface area (Å²) in [6.07, 6.45) is -0.0486. The highest BCUT2D eigenvalue weighted by atomic mass is 79.9. The summed E-state index contributed by atoms with van der Waals surface area (Å²) in [4.78, 5) is 13.4. The van der Waals surface area contributed by atoms with Crippen LogP contribution in [-0.2, 0) is 14.8 Å². The van der Waals surface area contributed by atoms with E-state index >= 15 is 0 Å². The number of hydrogen-bond donors (Lipinski definition) is 1. The second-order valence-electron chi connectivity index (χ2n) is 4.81. The molecule has 104 valence electrons. The number of aryl methyl sites for hydroxylation is 2. The van der Waals surface area contributed by atoms with E-state index < -0.39 is 15.3 Å². The van der Waals surface area contributed by atoms with E-state index in [-0.39, 0.29) is 18.9 Å². The average Bonchev–Trinajstić information content (AvgIpc) is 2.67. The fourth-order valence-corrected chi connectivity index (χ4v) is 3.18. The van der Waals surface area contributed by atoms with Crippen LogP contribution in [0, 0.1) is 13.8 Å². The van der Waals surface area contributed by atoms with E-state index in [1.165, 1.54) is 4.90 Å². The van der Waals surface area contributed by atoms with E-state index in [2.05, 4.69) is 15.9 Å². The van der Waals surface area contributed by atoms with Gasteiger partial charge in [-0.25, -0.2) is 13.6 Å². The van der Waals surface area contributed by atoms with E-state index in [0.717, 1.165) is 15.6 Å². The van der Waals surface area contributed by atoms with Gasteiger partial charge in [0, 0.05) is 23.1 Å². The van der Waals surface area contributed by atoms with Crippen LogP contribution in [0.15, 0.2) is 16.6 Å². The number of carbonyl (C=O) groups excluding carboxylic acids is 1. The summed E-state index contributed by atoms with van der Waals surface area (Å²) in [7, 11) is -3.68. The van der Waals surface area contributed by atoms with E-state index in [1.807, 2.05) is 26.0 Å². The molecule has 0 spiro atoms. The van der Waals surface area contributed by atoms with Crippen LogP contribution in [0.2, 0.25) is 0 Å². The van der Waals surface area contributed by atoms with Gasteiger partial charge in [-0.3, -0.25) is 4.79 Å². The molecule has 1 aromatic carbocycles. The monoisotopic (exact) mass is 346 g/mol. The van der Waals surface area contributed by atoms with Gasteiger partial charge in [-0.05, 0) is 37.1 Å². The fraction of sp³-hybridized carbons (Fsp3) is 0.417. The number of hydrogen-bond acceptors (Lipinski definition) is 3. The van der Waals surface area contributed by atoms with E-state index in [4.69, 9.17) is 5.14 Å². The Morgan fingerprint density at radius 2 is 1.84 bits per heavy atom. The molecule has 2 N–H and O–H groups in total. The maximum Gasteiger partial charge on any atom is 0.228 e. The lowest BCUT2D eigenvalue weighted by atomic mass is 10.1. The number of rotatable bonds is 2. The summed E-state index contributed by atoms with van der Waals surface area (Å²) in [5.41, 5.74) is 2.72. The van der Waals surface area contributed by atoms with Crippen LogP contribution in [-0.4, -0.2) is 26.1 Å². The average molecular weight is 347 g/mol. The van der Waals surface area contributed by atoms with Crippen LogP contribution < -0.4 is 10.0 Å². The van der Waals surface area contributed by atoms with Gasteiger partial charge in [-0.2, -0.15) is 0 Å². The molecule has 7 heteroatoms. The number of amides is 1. The highest BCUT2D eigenvalue weighted by molar-refractivity contribution is 9.10. The molecule has 1 heterocycles. The molecule has 5 nitrogen and oxygen atoms in total. The Hall–Kier alpha value is -0.920. The van der Waals surface area contributed by atoms with Crippen molar-refractivity contribution < 1.29 is 13.2 Å². The molecule has 1 saturated heterocycles. The second-order valence-corrected chi connectivity index (χ2v) is 7.45. The van der Waals surface area contributed by atoms with Crippen molar-refractivity contribution in [2.75, 3.05) is 11.4 Å². The van der Waals surface area contributed by atoms with Crippen molar-refractivity contribution in [1.82, 2.24) is 0 Å². The lowest BCUT2D eigenvalue weighted by Crippen LogP contribution is -2.32. The first-order valence-corrected chi connectivity index (χ1v) is 8.19. The summed E-state index contributed by atoms with van der Waals surface area (Å²) in [5, 5.41) is 4.30. The van der Waals surface area contributed by atoms with E-state index in [0.29, 0.717) is 5.69 Å². The minimum Gasteiger partial charge on any atom is -0.311 e. The molecular weight excluding hydrogens is 332 g/mol. The van der Waals surface area contributed by atoms with Crippen molar-refractivity contribution in [2.24, 2.45) is 5.14 Å². The van der Waals surface area contributed by atoms with Crippen molar-refractivity contribution in [3.8, 4) is 0 Å². The van der Waals surface area contributed by atoms with Gasteiger partial charge in [-0.15, -0.1) is 0 Å². The van der Waals surface area contributed by atoms with Crippen molar-refractivity contribution in [3.63, 3.8) is 0 Å². The quantitative estimate of drug-likeness (QED) is 0.880. The largest absolute Gasteiger partial charge is 0.311 e. The Morgan fingerprint density at radius 3 is 2.26 bits per heavy atom. The first-order valence-electron chi connectivity index (χ1n) is 5.79. The van der Waals surface area contributed by atoms with Crippen LogP contribution >= 0.6 is 15.9 Å². The Balaban J connectivity index is 2.36. The van der Waals surface area contributed by atoms with Crippen LogP contribution in [0.3, 0.4) is 0 Å². The third kappa shape index (κ3) is 2.82. The van der Waals surface area contributed by atoms with Gasteiger partial charge in [0.15, 0.2) is 0 Å². The fourth-order valence-electron chi connectivity index (χ4n) is 2.22. The third-order valence-corrected chi connectivity index (χ3v) is 5.78. The van der Waals surface area contributed by atoms with Crippen LogP contribution in [0.25, 0.3) is 0 Å². The number of halogens is 1. The molecule has 2 rings (SSSR count). The molecular formula is C12H15BrN2O3S. The maximum atomic E-state index is 11.9. The van der Waals surface area contributed by atoms with Crippen molar-refractivity contribution in [3.05, 3.63) is 27.7 Å². The lowest BCUT2D eigenvalue weighted by Gasteiger charge is -2.18. The van der Waals surface area contributed by atoms with Crippen molar-refractivity contribution in [1.29, 1.82) is 0 Å². The first kappa shape index (κ1) is 14.5. The minimum absolute atomic E-state index is 0.0486. The number of sulfonamides is 1. The second kappa shape index (κ2) is 4.88. The number of carbonyl (C=O) groups is 1. The summed E-state index contributed by atoms with van der Waals surface area (Å²) >= 11 is 3.46. The summed E-state index contributed by atoms with van der Waals surface area (Å²) in [5.74, 6) is -0.208. The molecule has 1 amide bonds. The Labute approximate surface area is 121 Å². The third-order valence-electron chi connectivity index (χ3n) is 3.29. The number of nitrogens with two attached hydrogens (primary N) is 1. The SMILES string of the molecule is Cc1cc(N2CC(S(N)(=O)=O)CC2=O)cc(C)c1Br. The van der Waals surface area contributed by atoms with Crippen molar-refractivity contribution in [2.45, 2.75) is 25.5 Å². The molecule has 0 aliphatic carbocycles. The number of primary sulfonamides is 1. The Kier molecular flexibility index (Phi) is 3.72. The van der Waals surface area contributed by atoms with Gasteiger partial charge in [-0.1, -0.05) is 15.9 Å². The van der Waals surface area contributed by atoms with Gasteiger partial charge >= 0.3 is 0 Å². The molecule has 19 heavy (non-hydrogen) atoms. The Morgan fingerprint density at radius 1 is 1.32 bits per heavy atom. The van der Waals surface area contributed by atoms with Gasteiger partial charge in [0.2, 0.25) is 15.9 Å². The summed E-state index contributed by atoms with van der Waals surface area (Å²) in [6.45, 7) is 3.98. The predicted molar refractivity (Wildman–Crippen MR) is 77.5 cm³/mol. The van der Waals surface area contributed by atoms with E-state index in [9.17, 15) is 13.2 Å². The zero-order valence-electron chi connectivity index (χ0n) is 10.7. The van der Waals surface area contributed by atoms with Crippen LogP contribution in [0.5, 0.6) is 0 Å². The molecule has 0 radical (unpaired) electrons. The van der Waals surface area contributed by atoms with E-state index in [1.54, 1.807) is 0 Å². The molecule has 1 unspecified atom stereocenters. The number of anilines is 1. The molecule has 1 fully saturated rings. The topological polar surface area (TPSA) is 80.5 Å². The van der Waals surface area contributed by atoms with Gasteiger partial charge in [0.1, 0.15) is 5.25 Å². The number of benzene rings is 1. The van der Waals surface area contributed by atoms with Gasteiger partial charge in [0.25, 0.3) is 0 Å². The molecule has 1 aliphatic heterocycles. The summed E-state index contributed by atoms with van der Waals surface area (Å²) in [6, 6.07) is 3.72. The highest BCUT2D eigenvalue weighted by Gasteiger charge is 2.37. The van der Waals surface area contributed by atoms with Gasteiger partial charge in [0.05, 0.1) is 0 Å². The smallest absolute Gasteiger partial charge is 0.228 e. The normalized spacial score (nSPS) is 20.1. The van der Waals surface area contributed by atoms with Crippen molar-refractivity contribution >= 4 is 37.5 Å². The first-order chi connectivity index (χ1) is 8.70. The zero-order valence-corrected chi connectivity index (χ0v) is 13.1.